The van der Waals surface area contributed by atoms with Crippen molar-refractivity contribution < 1.29 is 9.53 Å². The van der Waals surface area contributed by atoms with Gasteiger partial charge in [-0.1, -0.05) is 41.4 Å². The van der Waals surface area contributed by atoms with Crippen LogP contribution in [0.2, 0.25) is 5.02 Å². The number of aryl methyl sites for hydroxylation is 1. The molecule has 24 heavy (non-hydrogen) atoms. The number of benzene rings is 2. The second kappa shape index (κ2) is 7.47. The third-order valence-electron chi connectivity index (χ3n) is 3.30. The molecule has 2 aromatic carbocycles. The maximum absolute atomic E-state index is 12.0. The topological polar surface area (TPSA) is 51.2 Å². The number of nitrogens with one attached hydrogen (secondary N) is 1. The SMILES string of the molecule is Cc1ccc(Nc2nc(COC(=O)c3ccccc3Cl)cs2)cc1. The van der Waals surface area contributed by atoms with Gasteiger partial charge in [0.25, 0.3) is 0 Å². The van der Waals surface area contributed by atoms with Gasteiger partial charge in [0.2, 0.25) is 0 Å². The molecule has 0 atom stereocenters. The Morgan fingerprint density at radius 3 is 2.71 bits per heavy atom. The molecular weight excluding hydrogens is 344 g/mol. The first-order valence-corrected chi connectivity index (χ1v) is 8.57. The summed E-state index contributed by atoms with van der Waals surface area (Å²) in [5.74, 6) is -0.457. The van der Waals surface area contributed by atoms with Crippen LogP contribution in [0.5, 0.6) is 0 Å². The molecule has 0 amide bonds. The van der Waals surface area contributed by atoms with Crippen molar-refractivity contribution in [2.45, 2.75) is 13.5 Å². The molecule has 0 fully saturated rings. The van der Waals surface area contributed by atoms with Crippen LogP contribution >= 0.6 is 22.9 Å². The van der Waals surface area contributed by atoms with E-state index in [-0.39, 0.29) is 6.61 Å². The van der Waals surface area contributed by atoms with Crippen LogP contribution in [0.3, 0.4) is 0 Å². The molecule has 0 radical (unpaired) electrons. The zero-order valence-corrected chi connectivity index (χ0v) is 14.5. The Labute approximate surface area is 149 Å². The minimum absolute atomic E-state index is 0.107. The first kappa shape index (κ1) is 16.5. The molecule has 0 aliphatic heterocycles. The fraction of sp³-hybridized carbons (Fsp3) is 0.111. The molecular formula is C18H15ClN2O2S. The third-order valence-corrected chi connectivity index (χ3v) is 4.44. The molecule has 1 heterocycles. The number of esters is 1. The summed E-state index contributed by atoms with van der Waals surface area (Å²) in [6.45, 7) is 2.15. The Balaban J connectivity index is 1.59. The average Bonchev–Trinajstić information content (AvgIpc) is 3.03. The second-order valence-corrected chi connectivity index (χ2v) is 6.46. The lowest BCUT2D eigenvalue weighted by molar-refractivity contribution is 0.0468. The molecule has 0 bridgehead atoms. The van der Waals surface area contributed by atoms with Crippen molar-refractivity contribution in [2.24, 2.45) is 0 Å². The summed E-state index contributed by atoms with van der Waals surface area (Å²) in [6, 6.07) is 14.9. The maximum atomic E-state index is 12.0. The monoisotopic (exact) mass is 358 g/mol. The van der Waals surface area contributed by atoms with E-state index >= 15 is 0 Å². The number of anilines is 2. The highest BCUT2D eigenvalue weighted by Gasteiger charge is 2.12. The Hall–Kier alpha value is -2.37. The normalized spacial score (nSPS) is 10.4. The molecule has 0 saturated heterocycles. The molecule has 0 aliphatic rings. The molecule has 1 aromatic heterocycles. The summed E-state index contributed by atoms with van der Waals surface area (Å²) >= 11 is 7.44. The molecule has 4 nitrogen and oxygen atoms in total. The highest BCUT2D eigenvalue weighted by molar-refractivity contribution is 7.13. The predicted molar refractivity (Wildman–Crippen MR) is 97.1 cm³/mol. The summed E-state index contributed by atoms with van der Waals surface area (Å²) in [6.07, 6.45) is 0. The fourth-order valence-corrected chi connectivity index (χ4v) is 2.96. The van der Waals surface area contributed by atoms with E-state index in [0.717, 1.165) is 10.8 Å². The summed E-state index contributed by atoms with van der Waals surface area (Å²) < 4.78 is 5.27. The first-order valence-electron chi connectivity index (χ1n) is 7.31. The Kier molecular flexibility index (Phi) is 5.13. The highest BCUT2D eigenvalue weighted by atomic mass is 35.5. The molecule has 122 valence electrons. The molecule has 6 heteroatoms. The number of carbonyl (C=O) groups is 1. The lowest BCUT2D eigenvalue weighted by atomic mass is 10.2. The van der Waals surface area contributed by atoms with E-state index in [2.05, 4.69) is 10.3 Å². The van der Waals surface area contributed by atoms with Crippen molar-refractivity contribution in [3.63, 3.8) is 0 Å². The van der Waals surface area contributed by atoms with Gasteiger partial charge >= 0.3 is 5.97 Å². The largest absolute Gasteiger partial charge is 0.456 e. The van der Waals surface area contributed by atoms with Crippen molar-refractivity contribution in [2.75, 3.05) is 5.32 Å². The number of carbonyl (C=O) groups excluding carboxylic acids is 1. The number of rotatable bonds is 5. The van der Waals surface area contributed by atoms with Gasteiger partial charge in [0.1, 0.15) is 6.61 Å². The van der Waals surface area contributed by atoms with Gasteiger partial charge in [-0.3, -0.25) is 0 Å². The van der Waals surface area contributed by atoms with Gasteiger partial charge in [0, 0.05) is 11.1 Å². The smallest absolute Gasteiger partial charge is 0.340 e. The number of hydrogen-bond acceptors (Lipinski definition) is 5. The fourth-order valence-electron chi connectivity index (χ4n) is 2.04. The van der Waals surface area contributed by atoms with Crippen LogP contribution in [-0.2, 0) is 11.3 Å². The van der Waals surface area contributed by atoms with Gasteiger partial charge in [0.15, 0.2) is 5.13 Å². The van der Waals surface area contributed by atoms with Crippen LogP contribution in [0.15, 0.2) is 53.9 Å². The molecule has 3 rings (SSSR count). The van der Waals surface area contributed by atoms with Crippen LogP contribution < -0.4 is 5.32 Å². The van der Waals surface area contributed by atoms with Gasteiger partial charge in [-0.15, -0.1) is 11.3 Å². The van der Waals surface area contributed by atoms with E-state index in [0.29, 0.717) is 16.3 Å². The number of nitrogens with zero attached hydrogens (tertiary/aromatic N) is 1. The molecule has 0 spiro atoms. The van der Waals surface area contributed by atoms with Crippen LogP contribution in [0.1, 0.15) is 21.6 Å². The Morgan fingerprint density at radius 2 is 1.96 bits per heavy atom. The van der Waals surface area contributed by atoms with Crippen LogP contribution in [0, 0.1) is 6.92 Å². The Morgan fingerprint density at radius 1 is 1.21 bits per heavy atom. The van der Waals surface area contributed by atoms with Crippen molar-refractivity contribution in [1.29, 1.82) is 0 Å². The van der Waals surface area contributed by atoms with Crippen molar-refractivity contribution in [3.05, 3.63) is 75.8 Å². The zero-order chi connectivity index (χ0) is 16.9. The minimum Gasteiger partial charge on any atom is -0.456 e. The minimum atomic E-state index is -0.457. The Bertz CT molecular complexity index is 846. The predicted octanol–water partition coefficient (Wildman–Crippen LogP) is 5.21. The molecule has 0 aliphatic carbocycles. The standard InChI is InChI=1S/C18H15ClN2O2S/c1-12-6-8-13(9-7-12)20-18-21-14(11-24-18)10-23-17(22)15-4-2-3-5-16(15)19/h2-9,11H,10H2,1H3,(H,20,21). The number of hydrogen-bond donors (Lipinski definition) is 1. The summed E-state index contributed by atoms with van der Waals surface area (Å²) in [5.41, 5.74) is 3.21. The first-order chi connectivity index (χ1) is 11.6. The highest BCUT2D eigenvalue weighted by Crippen LogP contribution is 2.22. The quantitative estimate of drug-likeness (QED) is 0.636. The molecule has 1 N–H and O–H groups in total. The summed E-state index contributed by atoms with van der Waals surface area (Å²) in [7, 11) is 0. The van der Waals surface area contributed by atoms with Crippen LogP contribution in [0.25, 0.3) is 0 Å². The number of thiazole rings is 1. The third kappa shape index (κ3) is 4.13. The van der Waals surface area contributed by atoms with Gasteiger partial charge in [-0.05, 0) is 31.2 Å². The van der Waals surface area contributed by atoms with Gasteiger partial charge in [-0.2, -0.15) is 0 Å². The van der Waals surface area contributed by atoms with Gasteiger partial charge < -0.3 is 10.1 Å². The van der Waals surface area contributed by atoms with E-state index in [9.17, 15) is 4.79 Å². The number of ether oxygens (including phenoxy) is 1. The van der Waals surface area contributed by atoms with Gasteiger partial charge in [0.05, 0.1) is 16.3 Å². The van der Waals surface area contributed by atoms with E-state index in [4.69, 9.17) is 16.3 Å². The van der Waals surface area contributed by atoms with Gasteiger partial charge in [-0.25, -0.2) is 9.78 Å². The lowest BCUT2D eigenvalue weighted by Gasteiger charge is -2.04. The van der Waals surface area contributed by atoms with Crippen LogP contribution in [0.4, 0.5) is 10.8 Å². The van der Waals surface area contributed by atoms with E-state index in [1.165, 1.54) is 16.9 Å². The average molecular weight is 359 g/mol. The molecule has 0 unspecified atom stereocenters. The van der Waals surface area contributed by atoms with Crippen molar-refractivity contribution >= 4 is 39.7 Å². The van der Waals surface area contributed by atoms with Crippen LogP contribution in [-0.4, -0.2) is 11.0 Å². The van der Waals surface area contributed by atoms with E-state index < -0.39 is 5.97 Å². The van der Waals surface area contributed by atoms with E-state index in [1.54, 1.807) is 24.3 Å². The van der Waals surface area contributed by atoms with Crippen molar-refractivity contribution in [3.8, 4) is 0 Å². The second-order valence-electron chi connectivity index (χ2n) is 5.19. The van der Waals surface area contributed by atoms with Crippen molar-refractivity contribution in [1.82, 2.24) is 4.98 Å². The molecule has 0 saturated carbocycles. The van der Waals surface area contributed by atoms with E-state index in [1.807, 2.05) is 36.6 Å². The lowest BCUT2D eigenvalue weighted by Crippen LogP contribution is -2.06. The number of halogens is 1. The maximum Gasteiger partial charge on any atom is 0.340 e. The number of aromatic nitrogens is 1. The zero-order valence-electron chi connectivity index (χ0n) is 13.0. The molecule has 3 aromatic rings. The summed E-state index contributed by atoms with van der Waals surface area (Å²) in [4.78, 5) is 16.4. The summed E-state index contributed by atoms with van der Waals surface area (Å²) in [5, 5.41) is 6.21.